The van der Waals surface area contributed by atoms with Crippen molar-refractivity contribution in [2.75, 3.05) is 28.4 Å². The fraction of sp³-hybridized carbons (Fsp3) is 0.160. The SMILES string of the molecule is COc1ccc(-c2nc3ccc(C(=O)[O-])cc3nc2-c2ccc(OC)c(OC)c2)cc1OC. The van der Waals surface area contributed by atoms with Crippen molar-refractivity contribution >= 4 is 17.0 Å². The molecule has 0 fully saturated rings. The summed E-state index contributed by atoms with van der Waals surface area (Å²) in [5.41, 5.74) is 3.55. The molecule has 168 valence electrons. The van der Waals surface area contributed by atoms with Crippen molar-refractivity contribution in [2.24, 2.45) is 0 Å². The number of nitrogens with zero attached hydrogens (tertiary/aromatic N) is 2. The topological polar surface area (TPSA) is 103 Å². The van der Waals surface area contributed by atoms with Gasteiger partial charge in [0.1, 0.15) is 0 Å². The monoisotopic (exact) mass is 445 g/mol. The molecule has 0 bridgehead atoms. The summed E-state index contributed by atoms with van der Waals surface area (Å²) in [4.78, 5) is 20.9. The maximum Gasteiger partial charge on any atom is 0.161 e. The van der Waals surface area contributed by atoms with Crippen LogP contribution in [0.3, 0.4) is 0 Å². The van der Waals surface area contributed by atoms with Crippen LogP contribution in [0.2, 0.25) is 0 Å². The van der Waals surface area contributed by atoms with Crippen LogP contribution in [-0.2, 0) is 0 Å². The van der Waals surface area contributed by atoms with Crippen molar-refractivity contribution in [1.82, 2.24) is 9.97 Å². The molecule has 0 unspecified atom stereocenters. The number of carboxylic acid groups (broad SMARTS) is 1. The van der Waals surface area contributed by atoms with Crippen molar-refractivity contribution in [1.29, 1.82) is 0 Å². The fourth-order valence-electron chi connectivity index (χ4n) is 3.55. The Labute approximate surface area is 190 Å². The number of carboxylic acids is 1. The second kappa shape index (κ2) is 9.04. The maximum absolute atomic E-state index is 11.4. The Bertz CT molecular complexity index is 1350. The Morgan fingerprint density at radius 3 is 1.58 bits per heavy atom. The molecule has 0 aliphatic heterocycles. The van der Waals surface area contributed by atoms with E-state index in [9.17, 15) is 9.90 Å². The van der Waals surface area contributed by atoms with Crippen molar-refractivity contribution in [3.63, 3.8) is 0 Å². The first kappa shape index (κ1) is 21.9. The van der Waals surface area contributed by atoms with Gasteiger partial charge < -0.3 is 28.8 Å². The molecule has 0 saturated heterocycles. The Morgan fingerprint density at radius 1 is 0.636 bits per heavy atom. The quantitative estimate of drug-likeness (QED) is 0.427. The number of aromatic nitrogens is 2. The molecule has 4 rings (SSSR count). The predicted molar refractivity (Wildman–Crippen MR) is 121 cm³/mol. The van der Waals surface area contributed by atoms with Gasteiger partial charge >= 0.3 is 0 Å². The minimum absolute atomic E-state index is 0.0222. The third-order valence-electron chi connectivity index (χ3n) is 5.21. The molecule has 1 heterocycles. The Morgan fingerprint density at radius 2 is 1.12 bits per heavy atom. The van der Waals surface area contributed by atoms with Gasteiger partial charge in [-0.05, 0) is 54.1 Å². The fourth-order valence-corrected chi connectivity index (χ4v) is 3.55. The minimum Gasteiger partial charge on any atom is -0.545 e. The number of aromatic carboxylic acids is 1. The van der Waals surface area contributed by atoms with Crippen LogP contribution >= 0.6 is 0 Å². The number of hydrogen-bond acceptors (Lipinski definition) is 8. The van der Waals surface area contributed by atoms with Crippen molar-refractivity contribution < 1.29 is 28.8 Å². The Kier molecular flexibility index (Phi) is 5.99. The zero-order chi connectivity index (χ0) is 23.5. The second-order valence-corrected chi connectivity index (χ2v) is 7.05. The molecule has 4 aromatic rings. The van der Waals surface area contributed by atoms with Crippen LogP contribution < -0.4 is 24.1 Å². The summed E-state index contributed by atoms with van der Waals surface area (Å²) in [5.74, 6) is 0.944. The number of benzene rings is 3. The van der Waals surface area contributed by atoms with E-state index in [1.165, 1.54) is 12.1 Å². The first-order valence-corrected chi connectivity index (χ1v) is 9.97. The summed E-state index contributed by atoms with van der Waals surface area (Å²) in [7, 11) is 6.24. The third-order valence-corrected chi connectivity index (χ3v) is 5.21. The summed E-state index contributed by atoms with van der Waals surface area (Å²) in [5, 5.41) is 11.4. The minimum atomic E-state index is -1.28. The summed E-state index contributed by atoms with van der Waals surface area (Å²) < 4.78 is 21.6. The van der Waals surface area contributed by atoms with Gasteiger partial charge in [0.2, 0.25) is 0 Å². The maximum atomic E-state index is 11.4. The molecule has 33 heavy (non-hydrogen) atoms. The van der Waals surface area contributed by atoms with Gasteiger partial charge in [-0.2, -0.15) is 0 Å². The van der Waals surface area contributed by atoms with Crippen molar-refractivity contribution in [2.45, 2.75) is 0 Å². The second-order valence-electron chi connectivity index (χ2n) is 7.05. The van der Waals surface area contributed by atoms with Gasteiger partial charge in [-0.25, -0.2) is 9.97 Å². The van der Waals surface area contributed by atoms with E-state index in [0.29, 0.717) is 51.0 Å². The van der Waals surface area contributed by atoms with Crippen molar-refractivity contribution in [3.8, 4) is 45.5 Å². The number of fused-ring (bicyclic) bond motifs is 1. The molecule has 0 radical (unpaired) electrons. The number of carbonyl (C=O) groups excluding carboxylic acids is 1. The van der Waals surface area contributed by atoms with Gasteiger partial charge in [-0.1, -0.05) is 6.07 Å². The number of ether oxygens (including phenoxy) is 4. The normalized spacial score (nSPS) is 10.7. The first-order chi connectivity index (χ1) is 16.0. The van der Waals surface area contributed by atoms with Crippen LogP contribution in [0.1, 0.15) is 10.4 Å². The summed E-state index contributed by atoms with van der Waals surface area (Å²) in [6, 6.07) is 15.4. The molecule has 0 amide bonds. The van der Waals surface area contributed by atoms with Crippen LogP contribution in [0.25, 0.3) is 33.5 Å². The Hall–Kier alpha value is -4.33. The first-order valence-electron chi connectivity index (χ1n) is 9.97. The molecular weight excluding hydrogens is 424 g/mol. The highest BCUT2D eigenvalue weighted by atomic mass is 16.5. The summed E-state index contributed by atoms with van der Waals surface area (Å²) in [6.07, 6.45) is 0. The standard InChI is InChI=1S/C25H22N2O6/c1-30-19-9-6-14(12-21(19)32-3)23-24(15-7-10-20(31-2)22(13-15)33-4)27-18-11-16(25(28)29)5-8-17(18)26-23/h5-13H,1-4H3,(H,28,29)/p-1. The van der Waals surface area contributed by atoms with E-state index in [2.05, 4.69) is 0 Å². The molecule has 0 aliphatic rings. The van der Waals surface area contributed by atoms with E-state index >= 15 is 0 Å². The smallest absolute Gasteiger partial charge is 0.161 e. The summed E-state index contributed by atoms with van der Waals surface area (Å²) >= 11 is 0. The number of rotatable bonds is 7. The average molecular weight is 445 g/mol. The van der Waals surface area contributed by atoms with Gasteiger partial charge in [0.05, 0.1) is 56.8 Å². The molecule has 3 aromatic carbocycles. The highest BCUT2D eigenvalue weighted by molar-refractivity contribution is 5.93. The highest BCUT2D eigenvalue weighted by Crippen LogP contribution is 2.38. The molecule has 8 heteroatoms. The molecule has 0 atom stereocenters. The van der Waals surface area contributed by atoms with Crippen molar-refractivity contribution in [3.05, 3.63) is 60.2 Å². The van der Waals surface area contributed by atoms with Gasteiger partial charge in [-0.15, -0.1) is 0 Å². The Balaban J connectivity index is 2.00. The lowest BCUT2D eigenvalue weighted by Crippen LogP contribution is -2.22. The summed E-state index contributed by atoms with van der Waals surface area (Å²) in [6.45, 7) is 0. The van der Waals surface area contributed by atoms with Gasteiger partial charge in [0.25, 0.3) is 0 Å². The van der Waals surface area contributed by atoms with Crippen LogP contribution in [0.5, 0.6) is 23.0 Å². The molecule has 0 N–H and O–H groups in total. The number of methoxy groups -OCH3 is 4. The lowest BCUT2D eigenvalue weighted by atomic mass is 10.0. The van der Waals surface area contributed by atoms with E-state index in [0.717, 1.165) is 5.56 Å². The van der Waals surface area contributed by atoms with Gasteiger partial charge in [-0.3, -0.25) is 0 Å². The van der Waals surface area contributed by atoms with Crippen LogP contribution in [0.15, 0.2) is 54.6 Å². The highest BCUT2D eigenvalue weighted by Gasteiger charge is 2.17. The van der Waals surface area contributed by atoms with E-state index < -0.39 is 5.97 Å². The number of carbonyl (C=O) groups is 1. The molecule has 0 spiro atoms. The molecule has 1 aromatic heterocycles. The van der Waals surface area contributed by atoms with Gasteiger partial charge in [0, 0.05) is 11.1 Å². The van der Waals surface area contributed by atoms with E-state index in [-0.39, 0.29) is 5.56 Å². The average Bonchev–Trinajstić information content (AvgIpc) is 2.86. The predicted octanol–water partition coefficient (Wildman–Crippen LogP) is 3.36. The third kappa shape index (κ3) is 4.10. The zero-order valence-corrected chi connectivity index (χ0v) is 18.5. The van der Waals surface area contributed by atoms with Crippen LogP contribution in [-0.4, -0.2) is 44.4 Å². The van der Waals surface area contributed by atoms with E-state index in [1.54, 1.807) is 52.7 Å². The molecule has 0 aliphatic carbocycles. The molecule has 8 nitrogen and oxygen atoms in total. The molecular formula is C25H21N2O6-. The lowest BCUT2D eigenvalue weighted by Gasteiger charge is -2.15. The van der Waals surface area contributed by atoms with E-state index in [1.807, 2.05) is 18.2 Å². The van der Waals surface area contributed by atoms with E-state index in [4.69, 9.17) is 28.9 Å². The van der Waals surface area contributed by atoms with Crippen LogP contribution in [0, 0.1) is 0 Å². The number of hydrogen-bond donors (Lipinski definition) is 0. The largest absolute Gasteiger partial charge is 0.545 e. The van der Waals surface area contributed by atoms with Crippen LogP contribution in [0.4, 0.5) is 0 Å². The van der Waals surface area contributed by atoms with Gasteiger partial charge in [0.15, 0.2) is 23.0 Å². The lowest BCUT2D eigenvalue weighted by molar-refractivity contribution is -0.255. The molecule has 0 saturated carbocycles. The zero-order valence-electron chi connectivity index (χ0n) is 18.5.